The highest BCUT2D eigenvalue weighted by atomic mass is 19.1. The van der Waals surface area contributed by atoms with Gasteiger partial charge in [-0.25, -0.2) is 4.39 Å². The summed E-state index contributed by atoms with van der Waals surface area (Å²) in [7, 11) is 1.67. The van der Waals surface area contributed by atoms with Gasteiger partial charge in [0.05, 0.1) is 18.7 Å². The van der Waals surface area contributed by atoms with Crippen LogP contribution in [-0.4, -0.2) is 46.9 Å². The largest absolute Gasteiger partial charge is 0.395 e. The minimum atomic E-state index is -0.422. The Balaban J connectivity index is 1.98. The molecule has 0 fully saturated rings. The highest BCUT2D eigenvalue weighted by Crippen LogP contribution is 2.31. The van der Waals surface area contributed by atoms with E-state index in [1.165, 1.54) is 12.1 Å². The lowest BCUT2D eigenvalue weighted by Gasteiger charge is -2.20. The van der Waals surface area contributed by atoms with Crippen LogP contribution in [0.15, 0.2) is 60.3 Å². The molecule has 3 rings (SSSR count). The van der Waals surface area contributed by atoms with Gasteiger partial charge in [-0.3, -0.25) is 14.5 Å². The van der Waals surface area contributed by atoms with Crippen molar-refractivity contribution in [3.05, 3.63) is 77.2 Å². The van der Waals surface area contributed by atoms with Gasteiger partial charge in [0.1, 0.15) is 11.5 Å². The summed E-state index contributed by atoms with van der Waals surface area (Å²) in [6.07, 6.45) is 0. The highest BCUT2D eigenvalue weighted by molar-refractivity contribution is 6.35. The van der Waals surface area contributed by atoms with E-state index in [0.29, 0.717) is 16.7 Å². The van der Waals surface area contributed by atoms with E-state index in [9.17, 15) is 19.1 Å². The number of imide groups is 1. The van der Waals surface area contributed by atoms with Crippen molar-refractivity contribution in [1.29, 1.82) is 0 Å². The molecule has 0 spiro atoms. The van der Waals surface area contributed by atoms with Crippen molar-refractivity contribution in [3.63, 3.8) is 0 Å². The highest BCUT2D eigenvalue weighted by Gasteiger charge is 2.40. The molecular formula is C20H19FN2O3. The van der Waals surface area contributed by atoms with Gasteiger partial charge in [-0.05, 0) is 23.3 Å². The molecule has 2 aromatic carbocycles. The molecule has 0 saturated carbocycles. The Morgan fingerprint density at radius 3 is 2.27 bits per heavy atom. The Morgan fingerprint density at radius 2 is 1.65 bits per heavy atom. The maximum absolute atomic E-state index is 13.1. The summed E-state index contributed by atoms with van der Waals surface area (Å²) in [6.45, 7) is 0.154. The lowest BCUT2D eigenvalue weighted by Crippen LogP contribution is -2.34. The van der Waals surface area contributed by atoms with Crippen molar-refractivity contribution in [3.8, 4) is 0 Å². The smallest absolute Gasteiger partial charge is 0.278 e. The first kappa shape index (κ1) is 17.8. The Hall–Kier alpha value is -2.99. The zero-order valence-corrected chi connectivity index (χ0v) is 14.4. The third-order valence-electron chi connectivity index (χ3n) is 4.28. The average Bonchev–Trinajstić information content (AvgIpc) is 2.89. The van der Waals surface area contributed by atoms with Gasteiger partial charge in [-0.1, -0.05) is 42.5 Å². The summed E-state index contributed by atoms with van der Waals surface area (Å²) in [5, 5.41) is 9.22. The summed E-state index contributed by atoms with van der Waals surface area (Å²) in [6, 6.07) is 14.7. The van der Waals surface area contributed by atoms with Gasteiger partial charge in [-0.2, -0.15) is 0 Å². The molecule has 2 amide bonds. The fraction of sp³-hybridized carbons (Fsp3) is 0.200. The standard InChI is InChI=1S/C20H19FN2O3/c1-22(11-12-24)18-17(15-5-3-2-4-6-15)19(25)23(20(18)26)13-14-7-9-16(21)10-8-14/h2-10,24H,11-13H2,1H3. The topological polar surface area (TPSA) is 60.9 Å². The second-order valence-corrected chi connectivity index (χ2v) is 6.06. The molecule has 2 aromatic rings. The van der Waals surface area contributed by atoms with Crippen LogP contribution in [0.25, 0.3) is 5.57 Å². The number of nitrogens with zero attached hydrogens (tertiary/aromatic N) is 2. The lowest BCUT2D eigenvalue weighted by molar-refractivity contribution is -0.138. The summed E-state index contributed by atoms with van der Waals surface area (Å²) in [5.41, 5.74) is 1.88. The number of carbonyl (C=O) groups is 2. The van der Waals surface area contributed by atoms with Crippen LogP contribution in [0.3, 0.4) is 0 Å². The molecule has 0 saturated heterocycles. The van der Waals surface area contributed by atoms with Gasteiger partial charge in [0, 0.05) is 13.6 Å². The third-order valence-corrected chi connectivity index (χ3v) is 4.28. The van der Waals surface area contributed by atoms with E-state index in [0.717, 1.165) is 4.90 Å². The number of hydrogen-bond acceptors (Lipinski definition) is 4. The molecule has 0 atom stereocenters. The first-order chi connectivity index (χ1) is 12.5. The van der Waals surface area contributed by atoms with Crippen LogP contribution in [-0.2, 0) is 16.1 Å². The average molecular weight is 354 g/mol. The number of rotatable bonds is 6. The van der Waals surface area contributed by atoms with Crippen molar-refractivity contribution in [2.45, 2.75) is 6.54 Å². The van der Waals surface area contributed by atoms with Crippen LogP contribution >= 0.6 is 0 Å². The lowest BCUT2D eigenvalue weighted by atomic mass is 10.0. The Kier molecular flexibility index (Phi) is 5.14. The zero-order valence-electron chi connectivity index (χ0n) is 14.4. The van der Waals surface area contributed by atoms with Crippen LogP contribution in [0.5, 0.6) is 0 Å². The first-order valence-electron chi connectivity index (χ1n) is 8.25. The summed E-state index contributed by atoms with van der Waals surface area (Å²) < 4.78 is 13.1. The summed E-state index contributed by atoms with van der Waals surface area (Å²) >= 11 is 0. The minimum Gasteiger partial charge on any atom is -0.395 e. The normalized spacial score (nSPS) is 14.3. The quantitative estimate of drug-likeness (QED) is 0.807. The van der Waals surface area contributed by atoms with Crippen molar-refractivity contribution in [2.24, 2.45) is 0 Å². The fourth-order valence-corrected chi connectivity index (χ4v) is 2.96. The Morgan fingerprint density at radius 1 is 1.00 bits per heavy atom. The number of aliphatic hydroxyl groups excluding tert-OH is 1. The van der Waals surface area contributed by atoms with Gasteiger partial charge < -0.3 is 10.0 Å². The molecule has 134 valence electrons. The van der Waals surface area contributed by atoms with Gasteiger partial charge in [-0.15, -0.1) is 0 Å². The van der Waals surface area contributed by atoms with E-state index in [4.69, 9.17) is 0 Å². The van der Waals surface area contributed by atoms with Gasteiger partial charge >= 0.3 is 0 Å². The Bertz CT molecular complexity index is 847. The molecule has 0 bridgehead atoms. The second kappa shape index (κ2) is 7.49. The van der Waals surface area contributed by atoms with Gasteiger partial charge in [0.15, 0.2) is 0 Å². The molecule has 1 aliphatic heterocycles. The molecule has 26 heavy (non-hydrogen) atoms. The monoisotopic (exact) mass is 354 g/mol. The molecule has 0 radical (unpaired) electrons. The predicted molar refractivity (Wildman–Crippen MR) is 95.0 cm³/mol. The van der Waals surface area contributed by atoms with Crippen molar-refractivity contribution < 1.29 is 19.1 Å². The number of halogens is 1. The van der Waals surface area contributed by atoms with Gasteiger partial charge in [0.2, 0.25) is 0 Å². The van der Waals surface area contributed by atoms with E-state index in [1.54, 1.807) is 48.3 Å². The van der Waals surface area contributed by atoms with Crippen LogP contribution in [0.2, 0.25) is 0 Å². The van der Waals surface area contributed by atoms with E-state index in [1.807, 2.05) is 6.07 Å². The number of hydrogen-bond donors (Lipinski definition) is 1. The molecule has 0 unspecified atom stereocenters. The number of aliphatic hydroxyl groups is 1. The molecule has 5 nitrogen and oxygen atoms in total. The van der Waals surface area contributed by atoms with E-state index in [2.05, 4.69) is 0 Å². The van der Waals surface area contributed by atoms with Crippen LogP contribution in [0.1, 0.15) is 11.1 Å². The molecule has 1 heterocycles. The molecular weight excluding hydrogens is 335 g/mol. The van der Waals surface area contributed by atoms with Crippen molar-refractivity contribution in [1.82, 2.24) is 9.80 Å². The van der Waals surface area contributed by atoms with Crippen molar-refractivity contribution >= 4 is 17.4 Å². The Labute approximate surface area is 151 Å². The molecule has 6 heteroatoms. The number of likely N-dealkylation sites (N-methyl/N-ethyl adjacent to an activating group) is 1. The van der Waals surface area contributed by atoms with E-state index < -0.39 is 11.8 Å². The minimum absolute atomic E-state index is 0.0603. The van der Waals surface area contributed by atoms with E-state index in [-0.39, 0.29) is 31.2 Å². The van der Waals surface area contributed by atoms with Crippen LogP contribution < -0.4 is 0 Å². The zero-order chi connectivity index (χ0) is 18.7. The molecule has 0 aliphatic carbocycles. The van der Waals surface area contributed by atoms with Crippen LogP contribution in [0.4, 0.5) is 4.39 Å². The second-order valence-electron chi connectivity index (χ2n) is 6.06. The van der Waals surface area contributed by atoms with E-state index >= 15 is 0 Å². The van der Waals surface area contributed by atoms with Gasteiger partial charge in [0.25, 0.3) is 11.8 Å². The number of amides is 2. The summed E-state index contributed by atoms with van der Waals surface area (Å²) in [4.78, 5) is 28.7. The molecule has 1 aliphatic rings. The fourth-order valence-electron chi connectivity index (χ4n) is 2.96. The third kappa shape index (κ3) is 3.36. The predicted octanol–water partition coefficient (Wildman–Crippen LogP) is 2.03. The van der Waals surface area contributed by atoms with Crippen LogP contribution in [0, 0.1) is 5.82 Å². The SMILES string of the molecule is CN(CCO)C1=C(c2ccccc2)C(=O)N(Cc2ccc(F)cc2)C1=O. The molecule has 1 N–H and O–H groups in total. The molecule has 0 aromatic heterocycles. The summed E-state index contributed by atoms with van der Waals surface area (Å²) in [5.74, 6) is -1.20. The maximum atomic E-state index is 13.1. The van der Waals surface area contributed by atoms with Crippen molar-refractivity contribution in [2.75, 3.05) is 20.2 Å². The number of benzene rings is 2. The maximum Gasteiger partial charge on any atom is 0.278 e. The number of carbonyl (C=O) groups excluding carboxylic acids is 2. The first-order valence-corrected chi connectivity index (χ1v) is 8.25.